The number of phenolic OH excluding ortho intramolecular Hbond substituents is 2. The second-order valence-electron chi connectivity index (χ2n) is 7.60. The van der Waals surface area contributed by atoms with Crippen molar-refractivity contribution in [2.24, 2.45) is 0 Å². The molecule has 1 aliphatic heterocycles. The first-order valence-electron chi connectivity index (χ1n) is 10.0. The molecular weight excluding hydrogens is 456 g/mol. The molecule has 1 fully saturated rings. The maximum Gasteiger partial charge on any atom is 0.238 e. The molecule has 0 saturated carbocycles. The van der Waals surface area contributed by atoms with Crippen LogP contribution in [0.4, 0.5) is 0 Å². The number of benzene rings is 2. The molecule has 0 amide bonds. The highest BCUT2D eigenvalue weighted by Gasteiger charge is 2.45. The molecule has 5 atom stereocenters. The summed E-state index contributed by atoms with van der Waals surface area (Å²) in [5.41, 5.74) is -0.954. The van der Waals surface area contributed by atoms with Crippen LogP contribution in [0, 0.1) is 0 Å². The zero-order valence-electron chi connectivity index (χ0n) is 17.7. The smallest absolute Gasteiger partial charge is 0.238 e. The Labute approximate surface area is 191 Å². The van der Waals surface area contributed by atoms with E-state index in [1.165, 1.54) is 24.3 Å². The summed E-state index contributed by atoms with van der Waals surface area (Å²) in [4.78, 5) is 12.8. The molecule has 4 rings (SSSR count). The number of rotatable bonds is 5. The van der Waals surface area contributed by atoms with Crippen LogP contribution in [-0.2, 0) is 4.74 Å². The summed E-state index contributed by atoms with van der Waals surface area (Å²) in [5.74, 6) is -2.47. The van der Waals surface area contributed by atoms with Gasteiger partial charge in [-0.25, -0.2) is 0 Å². The van der Waals surface area contributed by atoms with E-state index in [4.69, 9.17) is 18.6 Å². The van der Waals surface area contributed by atoms with Crippen molar-refractivity contribution in [3.05, 3.63) is 40.6 Å². The standard InChI is InChI=1S/C22H22O12/c1-31-21-11(33-22-19(30)17(28)14(25)12(7-23)34-22)6-10-13(16(21)27)15(26)18(29)20(32-10)8-2-4-9(24)5-3-8/h2-6,12,14,17,19,22-25,27-30H,7H2,1H3. The zero-order chi connectivity index (χ0) is 24.7. The number of aromatic hydroxyl groups is 3. The predicted octanol–water partition coefficient (Wildman–Crippen LogP) is -0.236. The largest absolute Gasteiger partial charge is 0.508 e. The van der Waals surface area contributed by atoms with E-state index in [1.807, 2.05) is 0 Å². The first-order chi connectivity index (χ1) is 16.2. The van der Waals surface area contributed by atoms with Gasteiger partial charge >= 0.3 is 0 Å². The van der Waals surface area contributed by atoms with Crippen molar-refractivity contribution < 1.29 is 54.4 Å². The van der Waals surface area contributed by atoms with Gasteiger partial charge in [0.15, 0.2) is 17.3 Å². The molecule has 3 aromatic rings. The Morgan fingerprint density at radius 3 is 2.26 bits per heavy atom. The summed E-state index contributed by atoms with van der Waals surface area (Å²) in [5, 5.41) is 69.7. The van der Waals surface area contributed by atoms with Crippen LogP contribution in [-0.4, -0.2) is 80.2 Å². The molecule has 182 valence electrons. The Hall–Kier alpha value is -3.55. The van der Waals surface area contributed by atoms with Crippen LogP contribution in [0.1, 0.15) is 0 Å². The predicted molar refractivity (Wildman–Crippen MR) is 114 cm³/mol. The third kappa shape index (κ3) is 3.87. The molecule has 34 heavy (non-hydrogen) atoms. The lowest BCUT2D eigenvalue weighted by Crippen LogP contribution is -2.60. The molecule has 0 aliphatic carbocycles. The first-order valence-corrected chi connectivity index (χ1v) is 10.0. The normalized spacial score (nSPS) is 24.8. The van der Waals surface area contributed by atoms with E-state index >= 15 is 0 Å². The van der Waals surface area contributed by atoms with Crippen molar-refractivity contribution in [2.75, 3.05) is 13.7 Å². The lowest BCUT2D eigenvalue weighted by Gasteiger charge is -2.39. The van der Waals surface area contributed by atoms with Crippen molar-refractivity contribution in [1.82, 2.24) is 0 Å². The Bertz CT molecular complexity index is 1250. The molecule has 2 heterocycles. The molecule has 1 aromatic heterocycles. The Kier molecular flexibility index (Phi) is 6.25. The van der Waals surface area contributed by atoms with E-state index in [1.54, 1.807) is 0 Å². The molecule has 1 saturated heterocycles. The van der Waals surface area contributed by atoms with E-state index < -0.39 is 59.6 Å². The van der Waals surface area contributed by atoms with Crippen LogP contribution in [0.2, 0.25) is 0 Å². The third-order valence-corrected chi connectivity index (χ3v) is 5.48. The van der Waals surface area contributed by atoms with Crippen LogP contribution in [0.5, 0.6) is 28.7 Å². The minimum Gasteiger partial charge on any atom is -0.508 e. The highest BCUT2D eigenvalue weighted by atomic mass is 16.7. The number of hydrogen-bond donors (Lipinski definition) is 7. The molecule has 0 radical (unpaired) electrons. The number of aliphatic hydroxyl groups excluding tert-OH is 4. The quantitative estimate of drug-likeness (QED) is 0.254. The second kappa shape index (κ2) is 9.00. The van der Waals surface area contributed by atoms with Crippen molar-refractivity contribution in [3.8, 4) is 40.1 Å². The molecule has 7 N–H and O–H groups in total. The lowest BCUT2D eigenvalue weighted by atomic mass is 9.99. The summed E-state index contributed by atoms with van der Waals surface area (Å²) in [6.45, 7) is -0.685. The van der Waals surface area contributed by atoms with Crippen LogP contribution >= 0.6 is 0 Å². The van der Waals surface area contributed by atoms with Gasteiger partial charge in [0, 0.05) is 11.6 Å². The minimum atomic E-state index is -1.75. The van der Waals surface area contributed by atoms with Gasteiger partial charge in [0.25, 0.3) is 0 Å². The molecular formula is C22H22O12. The zero-order valence-corrected chi connectivity index (χ0v) is 17.7. The molecule has 12 nitrogen and oxygen atoms in total. The fourth-order valence-electron chi connectivity index (χ4n) is 3.67. The lowest BCUT2D eigenvalue weighted by molar-refractivity contribution is -0.277. The molecule has 2 aromatic carbocycles. The summed E-state index contributed by atoms with van der Waals surface area (Å²) >= 11 is 0. The molecule has 1 aliphatic rings. The average Bonchev–Trinajstić information content (AvgIpc) is 2.82. The van der Waals surface area contributed by atoms with Gasteiger partial charge in [0.05, 0.1) is 13.7 Å². The number of ether oxygens (including phenoxy) is 3. The second-order valence-corrected chi connectivity index (χ2v) is 7.60. The van der Waals surface area contributed by atoms with Crippen LogP contribution in [0.15, 0.2) is 39.5 Å². The van der Waals surface area contributed by atoms with Gasteiger partial charge in [-0.05, 0) is 24.3 Å². The molecule has 0 bridgehead atoms. The monoisotopic (exact) mass is 478 g/mol. The summed E-state index contributed by atoms with van der Waals surface area (Å²) in [7, 11) is 1.16. The van der Waals surface area contributed by atoms with Crippen molar-refractivity contribution in [3.63, 3.8) is 0 Å². The van der Waals surface area contributed by atoms with E-state index in [0.29, 0.717) is 0 Å². The fourth-order valence-corrected chi connectivity index (χ4v) is 3.67. The number of fused-ring (bicyclic) bond motifs is 1. The molecule has 0 spiro atoms. The van der Waals surface area contributed by atoms with Gasteiger partial charge < -0.3 is 54.4 Å². The summed E-state index contributed by atoms with van der Waals surface area (Å²) in [6.07, 6.45) is -7.94. The summed E-state index contributed by atoms with van der Waals surface area (Å²) < 4.78 is 21.6. The van der Waals surface area contributed by atoms with E-state index in [2.05, 4.69) is 0 Å². The van der Waals surface area contributed by atoms with Gasteiger partial charge in [-0.1, -0.05) is 0 Å². The van der Waals surface area contributed by atoms with Crippen molar-refractivity contribution >= 4 is 11.0 Å². The molecule has 12 heteroatoms. The minimum absolute atomic E-state index is 0.0519. The van der Waals surface area contributed by atoms with Crippen LogP contribution in [0.25, 0.3) is 22.3 Å². The van der Waals surface area contributed by atoms with Gasteiger partial charge in [-0.2, -0.15) is 0 Å². The topological polar surface area (TPSA) is 200 Å². The van der Waals surface area contributed by atoms with Gasteiger partial charge in [-0.15, -0.1) is 0 Å². The van der Waals surface area contributed by atoms with Gasteiger partial charge in [-0.3, -0.25) is 4.79 Å². The number of aliphatic hydroxyl groups is 4. The SMILES string of the molecule is COc1c(OC2OC(CO)C(O)C(O)C2O)cc2oc(-c3ccc(O)cc3)c(O)c(=O)c2c1O. The number of hydrogen-bond acceptors (Lipinski definition) is 12. The first kappa shape index (κ1) is 23.6. The highest BCUT2D eigenvalue weighted by Crippen LogP contribution is 2.44. The maximum absolute atomic E-state index is 12.8. The van der Waals surface area contributed by atoms with Gasteiger partial charge in [0.1, 0.15) is 41.1 Å². The highest BCUT2D eigenvalue weighted by molar-refractivity contribution is 5.91. The third-order valence-electron chi connectivity index (χ3n) is 5.48. The van der Waals surface area contributed by atoms with Crippen molar-refractivity contribution in [2.45, 2.75) is 30.7 Å². The Balaban J connectivity index is 1.83. The number of phenols is 2. The van der Waals surface area contributed by atoms with Crippen LogP contribution < -0.4 is 14.9 Å². The van der Waals surface area contributed by atoms with Gasteiger partial charge in [0.2, 0.25) is 23.2 Å². The fraction of sp³-hybridized carbons (Fsp3) is 0.318. The average molecular weight is 478 g/mol. The van der Waals surface area contributed by atoms with E-state index in [9.17, 15) is 40.5 Å². The van der Waals surface area contributed by atoms with E-state index in [0.717, 1.165) is 13.2 Å². The Morgan fingerprint density at radius 1 is 0.971 bits per heavy atom. The van der Waals surface area contributed by atoms with E-state index in [-0.39, 0.29) is 34.2 Å². The maximum atomic E-state index is 12.8. The molecule has 5 unspecified atom stereocenters. The Morgan fingerprint density at radius 2 is 1.65 bits per heavy atom. The summed E-state index contributed by atoms with van der Waals surface area (Å²) in [6, 6.07) is 6.57. The van der Waals surface area contributed by atoms with Crippen molar-refractivity contribution in [1.29, 1.82) is 0 Å². The van der Waals surface area contributed by atoms with Crippen LogP contribution in [0.3, 0.4) is 0 Å². The number of methoxy groups -OCH3 is 1.